The van der Waals surface area contributed by atoms with Gasteiger partial charge in [0.05, 0.1) is 22.4 Å². The molecule has 194 valence electrons. The number of H-pyrrole nitrogens is 3. The van der Waals surface area contributed by atoms with Gasteiger partial charge in [0.1, 0.15) is 0 Å². The summed E-state index contributed by atoms with van der Waals surface area (Å²) in [5.41, 5.74) is 13.8. The van der Waals surface area contributed by atoms with Crippen LogP contribution in [0.15, 0.2) is 110 Å². The Hall–Kier alpha value is -5.82. The van der Waals surface area contributed by atoms with E-state index in [1.807, 2.05) is 61.3 Å². The van der Waals surface area contributed by atoms with Gasteiger partial charge < -0.3 is 15.0 Å². The third kappa shape index (κ3) is 3.99. The first-order chi connectivity index (χ1) is 20.3. The van der Waals surface area contributed by atoms with Gasteiger partial charge in [-0.2, -0.15) is 0 Å². The van der Waals surface area contributed by atoms with Crippen LogP contribution in [-0.4, -0.2) is 34.9 Å². The van der Waals surface area contributed by atoms with Crippen LogP contribution in [0.3, 0.4) is 0 Å². The fourth-order valence-electron chi connectivity index (χ4n) is 5.61. The van der Waals surface area contributed by atoms with Crippen LogP contribution in [0.4, 0.5) is 0 Å². The van der Waals surface area contributed by atoms with Crippen molar-refractivity contribution in [2.45, 2.75) is 0 Å². The molecule has 3 N–H and O–H groups in total. The number of aromatic amines is 3. The fourth-order valence-corrected chi connectivity index (χ4v) is 5.61. The molecular weight excluding hydrogens is 506 g/mol. The molecule has 0 amide bonds. The van der Waals surface area contributed by atoms with Crippen molar-refractivity contribution in [3.8, 4) is 33.4 Å². The molecule has 1 aliphatic heterocycles. The monoisotopic (exact) mass is 529 g/mol. The van der Waals surface area contributed by atoms with Crippen molar-refractivity contribution in [3.05, 3.63) is 121 Å². The number of hydrogen-bond donors (Lipinski definition) is 3. The summed E-state index contributed by atoms with van der Waals surface area (Å²) in [7, 11) is 0. The normalized spacial score (nSPS) is 11.8. The Kier molecular flexibility index (Phi) is 5.31. The molecule has 0 atom stereocenters. The Balaban J connectivity index is 1.58. The van der Waals surface area contributed by atoms with E-state index in [4.69, 9.17) is 4.98 Å². The molecule has 7 aromatic rings. The number of rotatable bonds is 3. The van der Waals surface area contributed by atoms with Crippen molar-refractivity contribution in [2.75, 3.05) is 0 Å². The lowest BCUT2D eigenvalue weighted by molar-refractivity contribution is 1.29. The summed E-state index contributed by atoms with van der Waals surface area (Å²) < 4.78 is 0. The lowest BCUT2D eigenvalue weighted by Crippen LogP contribution is -1.88. The lowest BCUT2D eigenvalue weighted by atomic mass is 10.1. The quantitative estimate of drug-likeness (QED) is 0.217. The Morgan fingerprint density at radius 1 is 0.390 bits per heavy atom. The predicted molar refractivity (Wildman–Crippen MR) is 165 cm³/mol. The second-order valence-electron chi connectivity index (χ2n) is 9.91. The zero-order valence-corrected chi connectivity index (χ0v) is 21.8. The highest BCUT2D eigenvalue weighted by atomic mass is 14.8. The van der Waals surface area contributed by atoms with Crippen molar-refractivity contribution >= 4 is 45.3 Å². The van der Waals surface area contributed by atoms with Gasteiger partial charge in [-0.1, -0.05) is 6.07 Å². The average molecular weight is 530 g/mol. The van der Waals surface area contributed by atoms with Crippen LogP contribution in [0.1, 0.15) is 11.4 Å². The van der Waals surface area contributed by atoms with Gasteiger partial charge in [0.25, 0.3) is 0 Å². The van der Waals surface area contributed by atoms with E-state index in [9.17, 15) is 0 Å². The molecule has 8 rings (SSSR count). The van der Waals surface area contributed by atoms with Crippen LogP contribution in [0, 0.1) is 0 Å². The summed E-state index contributed by atoms with van der Waals surface area (Å²) in [6.07, 6.45) is 15.1. The number of nitrogens with zero attached hydrogens (tertiary/aromatic N) is 4. The van der Waals surface area contributed by atoms with Crippen LogP contribution >= 0.6 is 0 Å². The molecule has 41 heavy (non-hydrogen) atoms. The largest absolute Gasteiger partial charge is 0.354 e. The average Bonchev–Trinajstić information content (AvgIpc) is 3.84. The van der Waals surface area contributed by atoms with E-state index < -0.39 is 0 Å². The van der Waals surface area contributed by atoms with Crippen LogP contribution in [-0.2, 0) is 0 Å². The molecule has 7 nitrogen and oxygen atoms in total. The van der Waals surface area contributed by atoms with Gasteiger partial charge in [-0.25, -0.2) is 4.98 Å². The third-order valence-corrected chi connectivity index (χ3v) is 7.47. The van der Waals surface area contributed by atoms with Gasteiger partial charge in [-0.05, 0) is 90.0 Å². The molecule has 8 heterocycles. The van der Waals surface area contributed by atoms with E-state index in [0.717, 1.165) is 77.9 Å². The minimum atomic E-state index is 0.863. The summed E-state index contributed by atoms with van der Waals surface area (Å²) in [4.78, 5) is 29.2. The topological polar surface area (TPSA) is 98.9 Å². The van der Waals surface area contributed by atoms with Crippen molar-refractivity contribution in [1.29, 1.82) is 0 Å². The first-order valence-corrected chi connectivity index (χ1v) is 13.4. The van der Waals surface area contributed by atoms with E-state index >= 15 is 0 Å². The molecular formula is C34H23N7. The van der Waals surface area contributed by atoms with Gasteiger partial charge in [0, 0.05) is 81.5 Å². The molecule has 0 unspecified atom stereocenters. The van der Waals surface area contributed by atoms with Gasteiger partial charge in [-0.3, -0.25) is 15.0 Å². The zero-order chi connectivity index (χ0) is 27.2. The second kappa shape index (κ2) is 9.43. The summed E-state index contributed by atoms with van der Waals surface area (Å²) in [5, 5.41) is 0. The van der Waals surface area contributed by atoms with Crippen LogP contribution in [0.2, 0.25) is 0 Å². The molecule has 0 aromatic carbocycles. The molecule has 0 radical (unpaired) electrons. The Morgan fingerprint density at radius 3 is 1.39 bits per heavy atom. The Labute approximate surface area is 234 Å². The molecule has 1 aliphatic rings. The van der Waals surface area contributed by atoms with Gasteiger partial charge in [-0.15, -0.1) is 0 Å². The molecule has 8 bridgehead atoms. The molecule has 0 fully saturated rings. The number of aromatic nitrogens is 7. The van der Waals surface area contributed by atoms with Crippen molar-refractivity contribution in [1.82, 2.24) is 34.9 Å². The highest BCUT2D eigenvalue weighted by molar-refractivity contribution is 5.99. The maximum atomic E-state index is 5.21. The van der Waals surface area contributed by atoms with Gasteiger partial charge in [0.15, 0.2) is 0 Å². The van der Waals surface area contributed by atoms with Crippen LogP contribution in [0.5, 0.6) is 0 Å². The summed E-state index contributed by atoms with van der Waals surface area (Å²) in [5.74, 6) is 0. The summed E-state index contributed by atoms with van der Waals surface area (Å²) in [6.45, 7) is 0. The smallest absolute Gasteiger partial charge is 0.0737 e. The fraction of sp³-hybridized carbons (Fsp3) is 0. The van der Waals surface area contributed by atoms with E-state index in [2.05, 4.69) is 84.5 Å². The minimum Gasteiger partial charge on any atom is -0.354 e. The minimum absolute atomic E-state index is 0.863. The van der Waals surface area contributed by atoms with Crippen LogP contribution in [0.25, 0.3) is 78.6 Å². The maximum absolute atomic E-state index is 5.21. The molecule has 0 spiro atoms. The van der Waals surface area contributed by atoms with E-state index in [1.54, 1.807) is 6.20 Å². The Morgan fingerprint density at radius 2 is 0.854 bits per heavy atom. The molecule has 0 aliphatic carbocycles. The van der Waals surface area contributed by atoms with Crippen LogP contribution < -0.4 is 0 Å². The first kappa shape index (κ1) is 23.1. The van der Waals surface area contributed by atoms with Crippen molar-refractivity contribution in [2.24, 2.45) is 0 Å². The van der Waals surface area contributed by atoms with Gasteiger partial charge >= 0.3 is 0 Å². The second-order valence-corrected chi connectivity index (χ2v) is 9.91. The third-order valence-electron chi connectivity index (χ3n) is 7.47. The molecule has 0 saturated heterocycles. The van der Waals surface area contributed by atoms with Crippen molar-refractivity contribution in [3.63, 3.8) is 0 Å². The highest BCUT2D eigenvalue weighted by Gasteiger charge is 2.16. The number of nitrogens with one attached hydrogen (secondary N) is 3. The SMILES string of the molecule is C1=Cc2nc1c(-c1cccnc1)c1ccc([nH]1)c(-c1ccncc1)c1ccc([nH]1)c1ccc([nH]1)c2-c1ccncc1. The van der Waals surface area contributed by atoms with Crippen molar-refractivity contribution < 1.29 is 0 Å². The van der Waals surface area contributed by atoms with Gasteiger partial charge in [0.2, 0.25) is 0 Å². The highest BCUT2D eigenvalue weighted by Crippen LogP contribution is 2.35. The van der Waals surface area contributed by atoms with E-state index in [-0.39, 0.29) is 0 Å². The molecule has 7 aromatic heterocycles. The summed E-state index contributed by atoms with van der Waals surface area (Å²) >= 11 is 0. The number of hydrogen-bond acceptors (Lipinski definition) is 4. The lowest BCUT2D eigenvalue weighted by Gasteiger charge is -2.05. The number of fused-ring (bicyclic) bond motifs is 9. The number of pyridine rings is 3. The standard InChI is InChI=1S/C34H23N7/c1-2-23(20-37-15-1)34-30-9-7-28(40-30)32(21-11-16-35-17-12-21)26-5-3-24(38-26)25-4-6-27(39-25)33(22-13-18-36-19-14-22)29-8-10-31(34)41-29/h1-20,38-40H. The zero-order valence-electron chi connectivity index (χ0n) is 21.8. The molecule has 7 heteroatoms. The first-order valence-electron chi connectivity index (χ1n) is 13.4. The van der Waals surface area contributed by atoms with E-state index in [0.29, 0.717) is 0 Å². The maximum Gasteiger partial charge on any atom is 0.0737 e. The molecule has 0 saturated carbocycles. The van der Waals surface area contributed by atoms with E-state index in [1.165, 1.54) is 0 Å². The summed E-state index contributed by atoms with van der Waals surface area (Å²) in [6, 6.07) is 24.8. The predicted octanol–water partition coefficient (Wildman–Crippen LogP) is 7.88. The Bertz CT molecular complexity index is 2190.